The third-order valence-electron chi connectivity index (χ3n) is 2.09. The van der Waals surface area contributed by atoms with Gasteiger partial charge in [0, 0.05) is 9.75 Å². The highest BCUT2D eigenvalue weighted by Crippen LogP contribution is 2.19. The molecule has 0 atom stereocenters. The van der Waals surface area contributed by atoms with Crippen LogP contribution in [-0.4, -0.2) is 20.7 Å². The first-order valence-electron chi connectivity index (χ1n) is 5.05. The normalized spacial score (nSPS) is 11.9. The average molecular weight is 247 g/mol. The van der Waals surface area contributed by atoms with Crippen molar-refractivity contribution in [3.05, 3.63) is 21.9 Å². The van der Waals surface area contributed by atoms with Crippen LogP contribution < -0.4 is 5.73 Å². The summed E-state index contributed by atoms with van der Waals surface area (Å²) in [7, 11) is -2.96. The Labute approximate surface area is 95.2 Å². The van der Waals surface area contributed by atoms with Crippen molar-refractivity contribution in [2.75, 3.05) is 12.3 Å². The predicted molar refractivity (Wildman–Crippen MR) is 64.9 cm³/mol. The van der Waals surface area contributed by atoms with Gasteiger partial charge < -0.3 is 5.73 Å². The summed E-state index contributed by atoms with van der Waals surface area (Å²) in [5, 5.41) is 0. The van der Waals surface area contributed by atoms with Gasteiger partial charge in [-0.1, -0.05) is 6.92 Å². The van der Waals surface area contributed by atoms with Gasteiger partial charge in [0.05, 0.1) is 11.5 Å². The second-order valence-electron chi connectivity index (χ2n) is 3.46. The Balaban J connectivity index is 2.60. The van der Waals surface area contributed by atoms with E-state index in [-0.39, 0.29) is 11.5 Å². The van der Waals surface area contributed by atoms with Gasteiger partial charge in [-0.2, -0.15) is 0 Å². The Morgan fingerprint density at radius 2 is 2.00 bits per heavy atom. The number of aryl methyl sites for hydroxylation is 1. The van der Waals surface area contributed by atoms with Crippen LogP contribution in [0.15, 0.2) is 12.1 Å². The molecule has 0 fully saturated rings. The molecule has 15 heavy (non-hydrogen) atoms. The summed E-state index contributed by atoms with van der Waals surface area (Å²) < 4.78 is 23.2. The topological polar surface area (TPSA) is 60.2 Å². The average Bonchev–Trinajstić information content (AvgIpc) is 2.62. The summed E-state index contributed by atoms with van der Waals surface area (Å²) in [6.07, 6.45) is 1.52. The first kappa shape index (κ1) is 12.7. The third kappa shape index (κ3) is 4.32. The van der Waals surface area contributed by atoms with Crippen molar-refractivity contribution in [2.24, 2.45) is 5.73 Å². The quantitative estimate of drug-likeness (QED) is 0.830. The maximum atomic E-state index is 11.6. The van der Waals surface area contributed by atoms with Crippen LogP contribution in [0, 0.1) is 0 Å². The third-order valence-corrected chi connectivity index (χ3v) is 5.16. The summed E-state index contributed by atoms with van der Waals surface area (Å²) >= 11 is 1.58. The number of sulfone groups is 1. The van der Waals surface area contributed by atoms with Crippen molar-refractivity contribution in [3.63, 3.8) is 0 Å². The highest BCUT2D eigenvalue weighted by atomic mass is 32.2. The van der Waals surface area contributed by atoms with E-state index in [2.05, 4.69) is 6.92 Å². The summed E-state index contributed by atoms with van der Waals surface area (Å²) in [4.78, 5) is 2.17. The molecule has 0 amide bonds. The van der Waals surface area contributed by atoms with Gasteiger partial charge in [-0.3, -0.25) is 0 Å². The fourth-order valence-corrected chi connectivity index (χ4v) is 4.09. The Bertz CT molecular complexity index is 395. The molecule has 0 saturated carbocycles. The first-order valence-corrected chi connectivity index (χ1v) is 7.69. The molecule has 1 aromatic rings. The van der Waals surface area contributed by atoms with Gasteiger partial charge in [-0.25, -0.2) is 8.42 Å². The van der Waals surface area contributed by atoms with Crippen LogP contribution in [0.1, 0.15) is 23.1 Å². The molecule has 0 radical (unpaired) electrons. The van der Waals surface area contributed by atoms with E-state index in [1.54, 1.807) is 11.3 Å². The molecule has 2 N–H and O–H groups in total. The highest BCUT2D eigenvalue weighted by molar-refractivity contribution is 7.90. The lowest BCUT2D eigenvalue weighted by Crippen LogP contribution is -2.12. The van der Waals surface area contributed by atoms with Crippen molar-refractivity contribution in [3.8, 4) is 0 Å². The minimum absolute atomic E-state index is 0.164. The van der Waals surface area contributed by atoms with Crippen LogP contribution >= 0.6 is 11.3 Å². The molecule has 0 aliphatic rings. The lowest BCUT2D eigenvalue weighted by atomic mass is 10.4. The lowest BCUT2D eigenvalue weighted by molar-refractivity contribution is 0.593. The van der Waals surface area contributed by atoms with Crippen LogP contribution in [0.2, 0.25) is 0 Å². The first-order chi connectivity index (χ1) is 7.07. The van der Waals surface area contributed by atoms with Crippen molar-refractivity contribution in [2.45, 2.75) is 25.5 Å². The van der Waals surface area contributed by atoms with Crippen molar-refractivity contribution in [1.82, 2.24) is 0 Å². The zero-order valence-electron chi connectivity index (χ0n) is 8.90. The molecule has 0 aliphatic carbocycles. The molecule has 0 saturated heterocycles. The number of thiophene rings is 1. The molecular formula is C10H17NO2S2. The minimum atomic E-state index is -2.96. The number of hydrogen-bond acceptors (Lipinski definition) is 4. The van der Waals surface area contributed by atoms with E-state index in [0.29, 0.717) is 13.0 Å². The van der Waals surface area contributed by atoms with E-state index < -0.39 is 9.84 Å². The van der Waals surface area contributed by atoms with Crippen LogP contribution in [0.4, 0.5) is 0 Å². The largest absolute Gasteiger partial charge is 0.330 e. The Morgan fingerprint density at radius 3 is 2.53 bits per heavy atom. The van der Waals surface area contributed by atoms with Crippen LogP contribution in [0.3, 0.4) is 0 Å². The van der Waals surface area contributed by atoms with Gasteiger partial charge in [0.1, 0.15) is 0 Å². The Kier molecular flexibility index (Phi) is 4.76. The molecular weight excluding hydrogens is 230 g/mol. The summed E-state index contributed by atoms with van der Waals surface area (Å²) in [6.45, 7) is 2.50. The van der Waals surface area contributed by atoms with Crippen LogP contribution in [0.5, 0.6) is 0 Å². The van der Waals surface area contributed by atoms with Crippen molar-refractivity contribution >= 4 is 21.2 Å². The van der Waals surface area contributed by atoms with Gasteiger partial charge in [0.25, 0.3) is 0 Å². The molecule has 0 bridgehead atoms. The van der Waals surface area contributed by atoms with Crippen molar-refractivity contribution < 1.29 is 8.42 Å². The molecule has 0 spiro atoms. The molecule has 0 unspecified atom stereocenters. The minimum Gasteiger partial charge on any atom is -0.330 e. The van der Waals surface area contributed by atoms with E-state index in [9.17, 15) is 8.42 Å². The SMILES string of the molecule is CCc1ccc(CS(=O)(=O)CCCN)s1. The molecule has 1 rings (SSSR count). The van der Waals surface area contributed by atoms with Gasteiger partial charge >= 0.3 is 0 Å². The Hall–Kier alpha value is -0.390. The van der Waals surface area contributed by atoms with Gasteiger partial charge in [-0.15, -0.1) is 11.3 Å². The van der Waals surface area contributed by atoms with Gasteiger partial charge in [0.2, 0.25) is 0 Å². The molecule has 1 aromatic heterocycles. The zero-order valence-corrected chi connectivity index (χ0v) is 10.5. The molecule has 86 valence electrons. The molecule has 5 heteroatoms. The molecule has 1 heterocycles. The number of nitrogens with two attached hydrogens (primary N) is 1. The van der Waals surface area contributed by atoms with E-state index >= 15 is 0 Å². The summed E-state index contributed by atoms with van der Waals surface area (Å²) in [5.41, 5.74) is 5.29. The van der Waals surface area contributed by atoms with Gasteiger partial charge in [0.15, 0.2) is 9.84 Å². The number of hydrogen-bond donors (Lipinski definition) is 1. The fraction of sp³-hybridized carbons (Fsp3) is 0.600. The van der Waals surface area contributed by atoms with E-state index in [0.717, 1.165) is 11.3 Å². The fourth-order valence-electron chi connectivity index (χ4n) is 1.28. The van der Waals surface area contributed by atoms with Crippen LogP contribution in [-0.2, 0) is 22.0 Å². The molecule has 3 nitrogen and oxygen atoms in total. The zero-order chi connectivity index (χ0) is 11.3. The second kappa shape index (κ2) is 5.63. The standard InChI is InChI=1S/C10H17NO2S2/c1-2-9-4-5-10(14-9)8-15(12,13)7-3-6-11/h4-5H,2-3,6-8,11H2,1H3. The van der Waals surface area contributed by atoms with Gasteiger partial charge in [-0.05, 0) is 31.5 Å². The highest BCUT2D eigenvalue weighted by Gasteiger charge is 2.12. The van der Waals surface area contributed by atoms with E-state index in [1.165, 1.54) is 4.88 Å². The monoisotopic (exact) mass is 247 g/mol. The summed E-state index contributed by atoms with van der Waals surface area (Å²) in [6, 6.07) is 3.90. The second-order valence-corrected chi connectivity index (χ2v) is 6.89. The maximum absolute atomic E-state index is 11.6. The maximum Gasteiger partial charge on any atom is 0.155 e. The van der Waals surface area contributed by atoms with E-state index in [1.807, 2.05) is 12.1 Å². The van der Waals surface area contributed by atoms with Crippen molar-refractivity contribution in [1.29, 1.82) is 0 Å². The van der Waals surface area contributed by atoms with E-state index in [4.69, 9.17) is 5.73 Å². The molecule has 0 aromatic carbocycles. The number of rotatable bonds is 6. The molecule has 0 aliphatic heterocycles. The van der Waals surface area contributed by atoms with Crippen LogP contribution in [0.25, 0.3) is 0 Å². The summed E-state index contributed by atoms with van der Waals surface area (Å²) in [5.74, 6) is 0.362. The smallest absolute Gasteiger partial charge is 0.155 e. The Morgan fingerprint density at radius 1 is 1.33 bits per heavy atom. The predicted octanol–water partition coefficient (Wildman–Crippen LogP) is 1.57. The lowest BCUT2D eigenvalue weighted by Gasteiger charge is -2.00.